The Morgan fingerprint density at radius 1 is 0.886 bits per heavy atom. The van der Waals surface area contributed by atoms with Crippen LogP contribution in [0.1, 0.15) is 37.8 Å². The number of rotatable bonds is 15. The maximum atomic E-state index is 14.3. The van der Waals surface area contributed by atoms with Crippen molar-refractivity contribution in [2.45, 2.75) is 51.1 Å². The molecule has 0 aliphatic carbocycles. The van der Waals surface area contributed by atoms with Crippen molar-refractivity contribution in [1.29, 1.82) is 0 Å². The van der Waals surface area contributed by atoms with E-state index in [-0.39, 0.29) is 39.6 Å². The summed E-state index contributed by atoms with van der Waals surface area (Å²) in [6.45, 7) is 5.59. The van der Waals surface area contributed by atoms with E-state index in [1.165, 1.54) is 56.6 Å². The summed E-state index contributed by atoms with van der Waals surface area (Å²) < 4.78 is 45.7. The number of halogens is 1. The minimum absolute atomic E-state index is 0.0573. The third-order valence-corrected chi connectivity index (χ3v) is 9.03. The second kappa shape index (κ2) is 15.7. The zero-order chi connectivity index (χ0) is 32.4. The molecular formula is C32H40ClN3O7S. The van der Waals surface area contributed by atoms with E-state index in [1.54, 1.807) is 6.07 Å². The van der Waals surface area contributed by atoms with E-state index in [2.05, 4.69) is 5.32 Å². The number of benzene rings is 3. The maximum Gasteiger partial charge on any atom is 0.265 e. The number of carbonyl (C=O) groups excluding carboxylic acids is 2. The topological polar surface area (TPSA) is 114 Å². The Bertz CT molecular complexity index is 1550. The molecule has 2 amide bonds. The smallest absolute Gasteiger partial charge is 0.265 e. The first-order valence-corrected chi connectivity index (χ1v) is 16.0. The molecule has 0 aliphatic rings. The Balaban J connectivity index is 2.16. The van der Waals surface area contributed by atoms with Crippen LogP contribution in [0.4, 0.5) is 5.69 Å². The molecule has 0 spiro atoms. The van der Waals surface area contributed by atoms with E-state index in [1.807, 2.05) is 45.0 Å². The van der Waals surface area contributed by atoms with Gasteiger partial charge in [0.05, 0.1) is 31.9 Å². The van der Waals surface area contributed by atoms with Gasteiger partial charge in [-0.15, -0.1) is 0 Å². The molecule has 0 unspecified atom stereocenters. The molecule has 3 rings (SSSR count). The minimum atomic E-state index is -4.42. The van der Waals surface area contributed by atoms with Crippen molar-refractivity contribution in [2.24, 2.45) is 0 Å². The highest BCUT2D eigenvalue weighted by atomic mass is 35.5. The monoisotopic (exact) mass is 645 g/mol. The van der Waals surface area contributed by atoms with Crippen LogP contribution in [-0.2, 0) is 26.2 Å². The predicted octanol–water partition coefficient (Wildman–Crippen LogP) is 5.20. The second-order valence-electron chi connectivity index (χ2n) is 10.1. The number of hydrogen-bond donors (Lipinski definition) is 1. The molecule has 0 saturated carbocycles. The number of nitrogens with one attached hydrogen (secondary N) is 1. The number of ether oxygens (including phenoxy) is 3. The fraction of sp³-hybridized carbons (Fsp3) is 0.375. The molecule has 0 aliphatic heterocycles. The van der Waals surface area contributed by atoms with Crippen molar-refractivity contribution in [2.75, 3.05) is 38.7 Å². The summed E-state index contributed by atoms with van der Waals surface area (Å²) in [6.07, 6.45) is 1.04. The number of hydrogen-bond acceptors (Lipinski definition) is 7. The number of amides is 2. The Morgan fingerprint density at radius 3 is 2.11 bits per heavy atom. The maximum absolute atomic E-state index is 14.3. The van der Waals surface area contributed by atoms with Crippen LogP contribution in [0, 0.1) is 6.92 Å². The average Bonchev–Trinajstić information content (AvgIpc) is 3.02. The Labute approximate surface area is 264 Å². The number of anilines is 1. The molecule has 0 heterocycles. The van der Waals surface area contributed by atoms with Gasteiger partial charge < -0.3 is 24.4 Å². The molecule has 0 saturated heterocycles. The zero-order valence-corrected chi connectivity index (χ0v) is 27.5. The van der Waals surface area contributed by atoms with Crippen molar-refractivity contribution in [1.82, 2.24) is 10.2 Å². The average molecular weight is 646 g/mol. The van der Waals surface area contributed by atoms with Gasteiger partial charge in [-0.3, -0.25) is 13.9 Å². The number of sulfonamides is 1. The van der Waals surface area contributed by atoms with E-state index in [4.69, 9.17) is 25.8 Å². The Kier molecular flexibility index (Phi) is 12.3. The number of nitrogens with zero attached hydrogens (tertiary/aromatic N) is 2. The lowest BCUT2D eigenvalue weighted by molar-refractivity contribution is -0.140. The highest BCUT2D eigenvalue weighted by molar-refractivity contribution is 7.92. The van der Waals surface area contributed by atoms with Gasteiger partial charge in [0.1, 0.15) is 18.3 Å². The van der Waals surface area contributed by atoms with Crippen LogP contribution >= 0.6 is 11.6 Å². The van der Waals surface area contributed by atoms with E-state index in [9.17, 15) is 18.0 Å². The molecule has 44 heavy (non-hydrogen) atoms. The van der Waals surface area contributed by atoms with Gasteiger partial charge in [-0.2, -0.15) is 0 Å². The van der Waals surface area contributed by atoms with E-state index >= 15 is 0 Å². The highest BCUT2D eigenvalue weighted by Crippen LogP contribution is 2.37. The van der Waals surface area contributed by atoms with Crippen molar-refractivity contribution < 1.29 is 32.2 Å². The quantitative estimate of drug-likeness (QED) is 0.242. The van der Waals surface area contributed by atoms with E-state index in [0.29, 0.717) is 18.7 Å². The molecule has 12 heteroatoms. The van der Waals surface area contributed by atoms with Crippen LogP contribution in [-0.4, -0.2) is 65.6 Å². The summed E-state index contributed by atoms with van der Waals surface area (Å²) in [7, 11) is -0.193. The van der Waals surface area contributed by atoms with Crippen molar-refractivity contribution >= 4 is 39.1 Å². The fourth-order valence-corrected chi connectivity index (χ4v) is 6.25. The molecule has 1 N–H and O–H groups in total. The van der Waals surface area contributed by atoms with Crippen LogP contribution < -0.4 is 23.8 Å². The largest absolute Gasteiger partial charge is 0.495 e. The third-order valence-electron chi connectivity index (χ3n) is 7.04. The number of carbonyl (C=O) groups is 2. The summed E-state index contributed by atoms with van der Waals surface area (Å²) in [5.41, 5.74) is 1.89. The highest BCUT2D eigenvalue weighted by Gasteiger charge is 2.35. The van der Waals surface area contributed by atoms with Gasteiger partial charge in [-0.25, -0.2) is 8.42 Å². The lowest BCUT2D eigenvalue weighted by Crippen LogP contribution is -2.52. The van der Waals surface area contributed by atoms with Gasteiger partial charge in [0.2, 0.25) is 11.8 Å². The third kappa shape index (κ3) is 8.15. The van der Waals surface area contributed by atoms with Crippen LogP contribution in [0.2, 0.25) is 5.02 Å². The Hall–Kier alpha value is -3.96. The molecule has 10 nitrogen and oxygen atoms in total. The lowest BCUT2D eigenvalue weighted by atomic mass is 10.1. The summed E-state index contributed by atoms with van der Waals surface area (Å²) >= 11 is 6.32. The van der Waals surface area contributed by atoms with Crippen LogP contribution in [0.3, 0.4) is 0 Å². The van der Waals surface area contributed by atoms with Gasteiger partial charge in [-0.05, 0) is 55.7 Å². The fourth-order valence-electron chi connectivity index (χ4n) is 4.65. The molecule has 1 atom stereocenters. The Morgan fingerprint density at radius 2 is 1.52 bits per heavy atom. The van der Waals surface area contributed by atoms with Crippen molar-refractivity contribution in [3.63, 3.8) is 0 Å². The summed E-state index contributed by atoms with van der Waals surface area (Å²) in [5, 5.41) is 3.11. The first kappa shape index (κ1) is 34.5. The molecule has 3 aromatic carbocycles. The van der Waals surface area contributed by atoms with Gasteiger partial charge in [-0.1, -0.05) is 55.3 Å². The second-order valence-corrected chi connectivity index (χ2v) is 12.4. The molecule has 0 radical (unpaired) electrons. The molecule has 0 aromatic heterocycles. The summed E-state index contributed by atoms with van der Waals surface area (Å²) in [5.74, 6) is -0.191. The first-order valence-electron chi connectivity index (χ1n) is 14.2. The lowest BCUT2D eigenvalue weighted by Gasteiger charge is -2.33. The summed E-state index contributed by atoms with van der Waals surface area (Å²) in [6, 6.07) is 15.4. The first-order chi connectivity index (χ1) is 21.0. The van der Waals surface area contributed by atoms with Gasteiger partial charge >= 0.3 is 0 Å². The van der Waals surface area contributed by atoms with E-state index < -0.39 is 28.5 Å². The zero-order valence-electron chi connectivity index (χ0n) is 25.9. The molecule has 0 fully saturated rings. The standard InChI is InChI=1S/C32H40ClN3O7S/c1-7-17-34-32(38)26(8-2)35(20-23-11-9-22(3)10-12-23)31(37)21-36(27-18-24(33)13-15-28(27)41-4)44(39,40)25-14-16-29(42-5)30(19-25)43-6/h9-16,18-19,26H,7-8,17,20-21H2,1-6H3,(H,34,38)/t26-/m1/s1. The van der Waals surface area contributed by atoms with Crippen molar-refractivity contribution in [3.8, 4) is 17.2 Å². The SMILES string of the molecule is CCCNC(=O)[C@@H](CC)N(Cc1ccc(C)cc1)C(=O)CN(c1cc(Cl)ccc1OC)S(=O)(=O)c1ccc(OC)c(OC)c1. The van der Waals surface area contributed by atoms with Crippen molar-refractivity contribution in [3.05, 3.63) is 76.8 Å². The molecule has 238 valence electrons. The molecule has 0 bridgehead atoms. The predicted molar refractivity (Wildman–Crippen MR) is 171 cm³/mol. The summed E-state index contributed by atoms with van der Waals surface area (Å²) in [4.78, 5) is 28.8. The minimum Gasteiger partial charge on any atom is -0.495 e. The van der Waals surface area contributed by atoms with Crippen LogP contribution in [0.15, 0.2) is 65.6 Å². The molecule has 3 aromatic rings. The van der Waals surface area contributed by atoms with Gasteiger partial charge in [0.15, 0.2) is 11.5 Å². The van der Waals surface area contributed by atoms with Gasteiger partial charge in [0.25, 0.3) is 10.0 Å². The number of methoxy groups -OCH3 is 3. The normalized spacial score (nSPS) is 11.8. The van der Waals surface area contributed by atoms with E-state index in [0.717, 1.165) is 21.9 Å². The van der Waals surface area contributed by atoms with Crippen LogP contribution in [0.5, 0.6) is 17.2 Å². The van der Waals surface area contributed by atoms with Gasteiger partial charge in [0, 0.05) is 24.2 Å². The molecular weight excluding hydrogens is 606 g/mol. The number of aryl methyl sites for hydroxylation is 1. The van der Waals surface area contributed by atoms with Crippen LogP contribution in [0.25, 0.3) is 0 Å².